The van der Waals surface area contributed by atoms with Gasteiger partial charge in [0.1, 0.15) is 0 Å². The van der Waals surface area contributed by atoms with E-state index < -0.39 is 5.97 Å². The molecule has 0 saturated heterocycles. The maximum atomic E-state index is 11.6. The fraction of sp³-hybridized carbons (Fsp3) is 0.286. The predicted octanol–water partition coefficient (Wildman–Crippen LogP) is 4.10. The highest BCUT2D eigenvalue weighted by Crippen LogP contribution is 2.46. The van der Waals surface area contributed by atoms with E-state index in [0.29, 0.717) is 22.9 Å². The van der Waals surface area contributed by atoms with Gasteiger partial charge in [-0.1, -0.05) is 12.1 Å². The van der Waals surface area contributed by atoms with Crippen molar-refractivity contribution in [3.63, 3.8) is 0 Å². The minimum atomic E-state index is -0.891. The normalized spacial score (nSPS) is 10.9. The summed E-state index contributed by atoms with van der Waals surface area (Å²) in [6, 6.07) is 7.66. The Labute approximate surface area is 157 Å². The zero-order valence-electron chi connectivity index (χ0n) is 16.1. The number of hydrogen-bond acceptors (Lipinski definition) is 4. The summed E-state index contributed by atoms with van der Waals surface area (Å²) in [6.45, 7) is 3.98. The number of aromatic amines is 1. The number of hydrogen-bond donors (Lipinski definition) is 2. The summed E-state index contributed by atoms with van der Waals surface area (Å²) in [4.78, 5) is 15.0. The van der Waals surface area contributed by atoms with E-state index in [1.807, 2.05) is 32.0 Å². The second-order valence-corrected chi connectivity index (χ2v) is 6.38. The van der Waals surface area contributed by atoms with Crippen LogP contribution < -0.4 is 14.2 Å². The number of methoxy groups -OCH3 is 3. The lowest BCUT2D eigenvalue weighted by molar-refractivity contribution is -0.136. The minimum absolute atomic E-state index is 0.100. The lowest BCUT2D eigenvalue weighted by atomic mass is 9.98. The van der Waals surface area contributed by atoms with Gasteiger partial charge in [-0.2, -0.15) is 0 Å². The number of carboxylic acid groups (broad SMARTS) is 1. The number of rotatable bonds is 6. The molecule has 0 spiro atoms. The molecule has 1 heterocycles. The van der Waals surface area contributed by atoms with Crippen LogP contribution in [0.1, 0.15) is 16.7 Å². The van der Waals surface area contributed by atoms with Crippen LogP contribution in [-0.2, 0) is 11.2 Å². The number of aryl methyl sites for hydroxylation is 2. The highest BCUT2D eigenvalue weighted by Gasteiger charge is 2.24. The number of fused-ring (bicyclic) bond motifs is 1. The third kappa shape index (κ3) is 3.07. The number of ether oxygens (including phenoxy) is 3. The Morgan fingerprint density at radius 2 is 1.63 bits per heavy atom. The third-order valence-corrected chi connectivity index (χ3v) is 4.78. The molecule has 0 aliphatic carbocycles. The van der Waals surface area contributed by atoms with Gasteiger partial charge in [0.25, 0.3) is 0 Å². The number of carbonyl (C=O) groups is 1. The third-order valence-electron chi connectivity index (χ3n) is 4.78. The fourth-order valence-corrected chi connectivity index (χ4v) is 3.54. The Hall–Kier alpha value is -3.15. The van der Waals surface area contributed by atoms with E-state index in [1.54, 1.807) is 27.4 Å². The van der Waals surface area contributed by atoms with Crippen molar-refractivity contribution in [1.29, 1.82) is 0 Å². The van der Waals surface area contributed by atoms with Gasteiger partial charge >= 0.3 is 5.97 Å². The number of benzene rings is 2. The molecule has 27 heavy (non-hydrogen) atoms. The Balaban J connectivity index is 2.40. The number of nitrogens with one attached hydrogen (secondary N) is 1. The molecule has 2 aromatic carbocycles. The maximum Gasteiger partial charge on any atom is 0.307 e. The van der Waals surface area contributed by atoms with Crippen molar-refractivity contribution in [3.8, 4) is 28.5 Å². The van der Waals surface area contributed by atoms with E-state index in [1.165, 1.54) is 0 Å². The van der Waals surface area contributed by atoms with Crippen LogP contribution in [0.25, 0.3) is 22.2 Å². The molecule has 1 aromatic heterocycles. The molecule has 0 amide bonds. The standard InChI is InChI=1S/C21H23NO5/c1-11-6-7-12(2)18-17(11)14(10-16(23)24)19(22-18)13-8-9-15(25-3)21(27-5)20(13)26-4/h6-9,22H,10H2,1-5H3,(H,23,24). The van der Waals surface area contributed by atoms with Crippen molar-refractivity contribution in [2.75, 3.05) is 21.3 Å². The fourth-order valence-electron chi connectivity index (χ4n) is 3.54. The van der Waals surface area contributed by atoms with Crippen LogP contribution in [0.4, 0.5) is 0 Å². The van der Waals surface area contributed by atoms with Crippen LogP contribution in [0.2, 0.25) is 0 Å². The average molecular weight is 369 g/mol. The smallest absolute Gasteiger partial charge is 0.307 e. The monoisotopic (exact) mass is 369 g/mol. The molecule has 0 fully saturated rings. The second kappa shape index (κ2) is 7.23. The Morgan fingerprint density at radius 3 is 2.22 bits per heavy atom. The Bertz CT molecular complexity index is 1020. The second-order valence-electron chi connectivity index (χ2n) is 6.38. The molecule has 6 heteroatoms. The molecule has 3 aromatic rings. The van der Waals surface area contributed by atoms with E-state index in [-0.39, 0.29) is 6.42 Å². The van der Waals surface area contributed by atoms with Gasteiger partial charge in [0.05, 0.1) is 33.4 Å². The van der Waals surface area contributed by atoms with Crippen LogP contribution >= 0.6 is 0 Å². The van der Waals surface area contributed by atoms with Gasteiger partial charge < -0.3 is 24.3 Å². The van der Waals surface area contributed by atoms with Crippen molar-refractivity contribution >= 4 is 16.9 Å². The lowest BCUT2D eigenvalue weighted by Crippen LogP contribution is -2.02. The quantitative estimate of drug-likeness (QED) is 0.684. The first kappa shape index (κ1) is 18.6. The maximum absolute atomic E-state index is 11.6. The lowest BCUT2D eigenvalue weighted by Gasteiger charge is -2.16. The van der Waals surface area contributed by atoms with E-state index in [0.717, 1.165) is 33.2 Å². The van der Waals surface area contributed by atoms with Crippen LogP contribution in [0.15, 0.2) is 24.3 Å². The van der Waals surface area contributed by atoms with Crippen LogP contribution in [0.5, 0.6) is 17.2 Å². The van der Waals surface area contributed by atoms with Crippen molar-refractivity contribution < 1.29 is 24.1 Å². The molecule has 2 N–H and O–H groups in total. The van der Waals surface area contributed by atoms with Crippen LogP contribution in [-0.4, -0.2) is 37.4 Å². The number of aliphatic carboxylic acids is 1. The predicted molar refractivity (Wildman–Crippen MR) is 104 cm³/mol. The van der Waals surface area contributed by atoms with Gasteiger partial charge in [0, 0.05) is 16.5 Å². The topological polar surface area (TPSA) is 80.8 Å². The van der Waals surface area contributed by atoms with Gasteiger partial charge in [0.2, 0.25) is 5.75 Å². The average Bonchev–Trinajstić information content (AvgIpc) is 3.02. The first-order chi connectivity index (χ1) is 12.9. The molecule has 0 saturated carbocycles. The first-order valence-corrected chi connectivity index (χ1v) is 8.54. The highest BCUT2D eigenvalue weighted by molar-refractivity contribution is 5.98. The van der Waals surface area contributed by atoms with Crippen molar-refractivity contribution in [2.24, 2.45) is 0 Å². The molecule has 6 nitrogen and oxygen atoms in total. The van der Waals surface area contributed by atoms with Gasteiger partial charge in [-0.05, 0) is 42.7 Å². The summed E-state index contributed by atoms with van der Waals surface area (Å²) in [6.07, 6.45) is -0.100. The van der Waals surface area contributed by atoms with Crippen LogP contribution in [0.3, 0.4) is 0 Å². The first-order valence-electron chi connectivity index (χ1n) is 8.54. The molecule has 0 unspecified atom stereocenters. The molecule has 0 bridgehead atoms. The summed E-state index contributed by atoms with van der Waals surface area (Å²) >= 11 is 0. The van der Waals surface area contributed by atoms with E-state index in [4.69, 9.17) is 14.2 Å². The molecule has 0 aliphatic rings. The SMILES string of the molecule is COc1ccc(-c2[nH]c3c(C)ccc(C)c3c2CC(=O)O)c(OC)c1OC. The van der Waals surface area contributed by atoms with Crippen molar-refractivity contribution in [3.05, 3.63) is 41.0 Å². The van der Waals surface area contributed by atoms with Gasteiger partial charge in [-0.15, -0.1) is 0 Å². The van der Waals surface area contributed by atoms with E-state index in [9.17, 15) is 9.90 Å². The molecule has 0 aliphatic heterocycles. The van der Waals surface area contributed by atoms with E-state index in [2.05, 4.69) is 4.98 Å². The molecule has 0 radical (unpaired) electrons. The minimum Gasteiger partial charge on any atom is -0.493 e. The number of carboxylic acids is 1. The van der Waals surface area contributed by atoms with Gasteiger partial charge in [-0.25, -0.2) is 0 Å². The molecule has 3 rings (SSSR count). The zero-order valence-corrected chi connectivity index (χ0v) is 16.1. The van der Waals surface area contributed by atoms with Gasteiger partial charge in [0.15, 0.2) is 11.5 Å². The zero-order chi connectivity index (χ0) is 19.7. The summed E-state index contributed by atoms with van der Waals surface area (Å²) < 4.78 is 16.4. The summed E-state index contributed by atoms with van der Waals surface area (Å²) in [5.41, 5.74) is 5.16. The van der Waals surface area contributed by atoms with Crippen LogP contribution in [0, 0.1) is 13.8 Å². The Morgan fingerprint density at radius 1 is 0.963 bits per heavy atom. The van der Waals surface area contributed by atoms with Crippen molar-refractivity contribution in [1.82, 2.24) is 4.98 Å². The summed E-state index contributed by atoms with van der Waals surface area (Å²) in [7, 11) is 4.65. The summed E-state index contributed by atoms with van der Waals surface area (Å²) in [5, 5.41) is 10.4. The molecule has 142 valence electrons. The van der Waals surface area contributed by atoms with Crippen molar-refractivity contribution in [2.45, 2.75) is 20.3 Å². The van der Waals surface area contributed by atoms with E-state index >= 15 is 0 Å². The molecule has 0 atom stereocenters. The molecular weight excluding hydrogens is 346 g/mol. The number of aromatic nitrogens is 1. The Kier molecular flexibility index (Phi) is 4.99. The molecular formula is C21H23NO5. The highest BCUT2D eigenvalue weighted by atomic mass is 16.5. The number of H-pyrrole nitrogens is 1. The summed E-state index contributed by atoms with van der Waals surface area (Å²) in [5.74, 6) is 0.607. The van der Waals surface area contributed by atoms with Gasteiger partial charge in [-0.3, -0.25) is 4.79 Å². The largest absolute Gasteiger partial charge is 0.493 e.